The van der Waals surface area contributed by atoms with E-state index in [1.54, 1.807) is 11.3 Å². The highest BCUT2D eigenvalue weighted by Gasteiger charge is 2.27. The Kier molecular flexibility index (Phi) is 4.71. The molecule has 1 rings (SSSR count). The van der Waals surface area contributed by atoms with Crippen LogP contribution in [0.1, 0.15) is 46.8 Å². The molecule has 0 spiro atoms. The molecule has 0 aliphatic rings. The van der Waals surface area contributed by atoms with Gasteiger partial charge in [-0.3, -0.25) is 4.79 Å². The Morgan fingerprint density at radius 3 is 2.35 bits per heavy atom. The molecule has 96 valence electrons. The van der Waals surface area contributed by atoms with Gasteiger partial charge in [-0.05, 0) is 38.3 Å². The molecule has 0 unspecified atom stereocenters. The van der Waals surface area contributed by atoms with Crippen LogP contribution in [0.15, 0.2) is 6.07 Å². The molecule has 0 aliphatic carbocycles. The van der Waals surface area contributed by atoms with E-state index in [1.807, 2.05) is 19.9 Å². The molecule has 0 aromatic carbocycles. The fourth-order valence-corrected chi connectivity index (χ4v) is 2.68. The lowest BCUT2D eigenvalue weighted by Crippen LogP contribution is -2.52. The maximum Gasteiger partial charge on any atom is 0.261 e. The summed E-state index contributed by atoms with van der Waals surface area (Å²) in [5, 5.41) is 3.08. The molecule has 1 amide bonds. The van der Waals surface area contributed by atoms with Crippen molar-refractivity contribution in [2.24, 2.45) is 5.73 Å². The lowest BCUT2D eigenvalue weighted by atomic mass is 9.93. The zero-order chi connectivity index (χ0) is 13.1. The number of hydrogen-bond donors (Lipinski definition) is 2. The summed E-state index contributed by atoms with van der Waals surface area (Å²) in [5.41, 5.74) is 6.69. The monoisotopic (exact) mass is 254 g/mol. The van der Waals surface area contributed by atoms with E-state index in [2.05, 4.69) is 19.2 Å². The number of thiophene rings is 1. The van der Waals surface area contributed by atoms with E-state index in [0.717, 1.165) is 17.7 Å². The van der Waals surface area contributed by atoms with Gasteiger partial charge in [0.15, 0.2) is 0 Å². The molecule has 1 heterocycles. The largest absolute Gasteiger partial charge is 0.345 e. The number of carbonyl (C=O) groups is 1. The maximum atomic E-state index is 12.1. The van der Waals surface area contributed by atoms with Crippen LogP contribution in [0.3, 0.4) is 0 Å². The molecule has 0 bridgehead atoms. The standard InChI is InChI=1S/C13H22N2OS/c1-5-13(6-2,8-14)15-12(16)11-7-9(3)10(4)17-11/h7H,5-6,8,14H2,1-4H3,(H,15,16). The van der Waals surface area contributed by atoms with Crippen molar-refractivity contribution in [2.75, 3.05) is 6.54 Å². The van der Waals surface area contributed by atoms with Crippen molar-refractivity contribution < 1.29 is 4.79 Å². The molecule has 0 aliphatic heterocycles. The van der Waals surface area contributed by atoms with Gasteiger partial charge >= 0.3 is 0 Å². The van der Waals surface area contributed by atoms with E-state index in [-0.39, 0.29) is 11.4 Å². The fraction of sp³-hybridized carbons (Fsp3) is 0.615. The summed E-state index contributed by atoms with van der Waals surface area (Å²) in [4.78, 5) is 14.1. The number of aryl methyl sites for hydroxylation is 2. The zero-order valence-electron chi connectivity index (χ0n) is 11.1. The number of amides is 1. The van der Waals surface area contributed by atoms with Gasteiger partial charge in [-0.1, -0.05) is 13.8 Å². The van der Waals surface area contributed by atoms with Crippen molar-refractivity contribution in [2.45, 2.75) is 46.1 Å². The minimum absolute atomic E-state index is 0.000324. The van der Waals surface area contributed by atoms with Gasteiger partial charge in [-0.15, -0.1) is 11.3 Å². The summed E-state index contributed by atoms with van der Waals surface area (Å²) >= 11 is 1.54. The molecule has 1 aromatic heterocycles. The molecular weight excluding hydrogens is 232 g/mol. The number of carbonyl (C=O) groups excluding carboxylic acids is 1. The highest BCUT2D eigenvalue weighted by atomic mass is 32.1. The van der Waals surface area contributed by atoms with Crippen LogP contribution in [0.2, 0.25) is 0 Å². The summed E-state index contributed by atoms with van der Waals surface area (Å²) in [5.74, 6) is 0.000324. The van der Waals surface area contributed by atoms with Crippen LogP contribution >= 0.6 is 11.3 Å². The molecule has 0 saturated heterocycles. The van der Waals surface area contributed by atoms with Crippen molar-refractivity contribution in [3.8, 4) is 0 Å². The van der Waals surface area contributed by atoms with E-state index in [9.17, 15) is 4.79 Å². The van der Waals surface area contributed by atoms with E-state index in [4.69, 9.17) is 5.73 Å². The Morgan fingerprint density at radius 2 is 2.00 bits per heavy atom. The second kappa shape index (κ2) is 5.65. The smallest absolute Gasteiger partial charge is 0.261 e. The number of rotatable bonds is 5. The normalized spacial score (nSPS) is 11.6. The third-order valence-electron chi connectivity index (χ3n) is 3.51. The molecular formula is C13H22N2OS. The van der Waals surface area contributed by atoms with Crippen LogP contribution in [0.5, 0.6) is 0 Å². The van der Waals surface area contributed by atoms with Gasteiger partial charge in [0.1, 0.15) is 0 Å². The van der Waals surface area contributed by atoms with Crippen LogP contribution < -0.4 is 11.1 Å². The van der Waals surface area contributed by atoms with Crippen LogP contribution in [0.4, 0.5) is 0 Å². The first kappa shape index (κ1) is 14.2. The fourth-order valence-electron chi connectivity index (χ4n) is 1.75. The number of nitrogens with one attached hydrogen (secondary N) is 1. The molecule has 4 heteroatoms. The Morgan fingerprint density at radius 1 is 1.41 bits per heavy atom. The quantitative estimate of drug-likeness (QED) is 0.848. The lowest BCUT2D eigenvalue weighted by molar-refractivity contribution is 0.0899. The molecule has 3 nitrogen and oxygen atoms in total. The van der Waals surface area contributed by atoms with Gasteiger partial charge < -0.3 is 11.1 Å². The first-order valence-electron chi connectivity index (χ1n) is 6.07. The average molecular weight is 254 g/mol. The van der Waals surface area contributed by atoms with Gasteiger partial charge in [0.05, 0.1) is 10.4 Å². The molecule has 0 radical (unpaired) electrons. The summed E-state index contributed by atoms with van der Waals surface area (Å²) in [7, 11) is 0. The highest BCUT2D eigenvalue weighted by Crippen LogP contribution is 2.22. The van der Waals surface area contributed by atoms with E-state index in [1.165, 1.54) is 10.4 Å². The topological polar surface area (TPSA) is 55.1 Å². The van der Waals surface area contributed by atoms with Crippen molar-refractivity contribution >= 4 is 17.2 Å². The predicted molar refractivity (Wildman–Crippen MR) is 73.6 cm³/mol. The SMILES string of the molecule is CCC(CC)(CN)NC(=O)c1cc(C)c(C)s1. The predicted octanol–water partition coefficient (Wildman–Crippen LogP) is 2.61. The van der Waals surface area contributed by atoms with Crippen LogP contribution in [0.25, 0.3) is 0 Å². The van der Waals surface area contributed by atoms with E-state index >= 15 is 0 Å². The summed E-state index contributed by atoms with van der Waals surface area (Å²) in [6.07, 6.45) is 1.71. The second-order valence-electron chi connectivity index (χ2n) is 4.50. The van der Waals surface area contributed by atoms with Gasteiger partial charge in [-0.25, -0.2) is 0 Å². The van der Waals surface area contributed by atoms with Crippen molar-refractivity contribution in [1.29, 1.82) is 0 Å². The Labute approximate surface area is 107 Å². The summed E-state index contributed by atoms with van der Waals surface area (Å²) < 4.78 is 0. The Bertz CT molecular complexity index is 366. The first-order chi connectivity index (χ1) is 7.98. The van der Waals surface area contributed by atoms with Crippen molar-refractivity contribution in [3.63, 3.8) is 0 Å². The van der Waals surface area contributed by atoms with Gasteiger partial charge in [0, 0.05) is 11.4 Å². The minimum Gasteiger partial charge on any atom is -0.345 e. The van der Waals surface area contributed by atoms with Crippen LogP contribution in [-0.2, 0) is 0 Å². The van der Waals surface area contributed by atoms with Crippen LogP contribution in [-0.4, -0.2) is 18.0 Å². The molecule has 0 fully saturated rings. The van der Waals surface area contributed by atoms with Crippen molar-refractivity contribution in [3.05, 3.63) is 21.4 Å². The molecule has 1 aromatic rings. The summed E-state index contributed by atoms with van der Waals surface area (Å²) in [6, 6.07) is 1.95. The Hall–Kier alpha value is -0.870. The van der Waals surface area contributed by atoms with E-state index < -0.39 is 0 Å². The third kappa shape index (κ3) is 3.07. The average Bonchev–Trinajstić information content (AvgIpc) is 2.67. The van der Waals surface area contributed by atoms with E-state index in [0.29, 0.717) is 6.54 Å². The molecule has 17 heavy (non-hydrogen) atoms. The van der Waals surface area contributed by atoms with Gasteiger partial charge in [-0.2, -0.15) is 0 Å². The lowest BCUT2D eigenvalue weighted by Gasteiger charge is -2.31. The van der Waals surface area contributed by atoms with Crippen LogP contribution in [0, 0.1) is 13.8 Å². The molecule has 0 atom stereocenters. The Balaban J connectivity index is 2.84. The van der Waals surface area contributed by atoms with Gasteiger partial charge in [0.25, 0.3) is 5.91 Å². The summed E-state index contributed by atoms with van der Waals surface area (Å²) in [6.45, 7) is 8.66. The number of nitrogens with two attached hydrogens (primary N) is 1. The van der Waals surface area contributed by atoms with Crippen molar-refractivity contribution in [1.82, 2.24) is 5.32 Å². The molecule has 3 N–H and O–H groups in total. The number of hydrogen-bond acceptors (Lipinski definition) is 3. The highest BCUT2D eigenvalue weighted by molar-refractivity contribution is 7.14. The minimum atomic E-state index is -0.261. The van der Waals surface area contributed by atoms with Gasteiger partial charge in [0.2, 0.25) is 0 Å². The maximum absolute atomic E-state index is 12.1. The molecule has 0 saturated carbocycles. The third-order valence-corrected chi connectivity index (χ3v) is 4.66. The second-order valence-corrected chi connectivity index (χ2v) is 5.75. The first-order valence-corrected chi connectivity index (χ1v) is 6.89. The zero-order valence-corrected chi connectivity index (χ0v) is 11.9.